The summed E-state index contributed by atoms with van der Waals surface area (Å²) in [6.07, 6.45) is 1.72. The number of rotatable bonds is 7. The lowest BCUT2D eigenvalue weighted by Gasteiger charge is -2.08. The number of amides is 1. The van der Waals surface area contributed by atoms with Crippen molar-refractivity contribution in [3.63, 3.8) is 0 Å². The minimum absolute atomic E-state index is 0. The normalized spacial score (nSPS) is 10.9. The molecule has 0 unspecified atom stereocenters. The average Bonchev–Trinajstić information content (AvgIpc) is 3.10. The summed E-state index contributed by atoms with van der Waals surface area (Å²) in [5.74, 6) is -0.904. The van der Waals surface area contributed by atoms with E-state index in [1.165, 1.54) is 47.7 Å². The smallest absolute Gasteiger partial charge is 0.266 e. The highest BCUT2D eigenvalue weighted by Crippen LogP contribution is 2.30. The first-order valence-electron chi connectivity index (χ1n) is 9.52. The highest BCUT2D eigenvalue weighted by Gasteiger charge is 2.17. The quantitative estimate of drug-likeness (QED) is 0.263. The molecule has 0 saturated heterocycles. The highest BCUT2D eigenvalue weighted by atomic mass is 32.1. The Morgan fingerprint density at radius 1 is 1.06 bits per heavy atom. The molecule has 31 heavy (non-hydrogen) atoms. The SMILES string of the molecule is Cc1c(C(=O)Nc2ccc(F)cc2)sc2ncc(COCNc3ccc(F)cc3)cc12.[HH].[HH]. The summed E-state index contributed by atoms with van der Waals surface area (Å²) in [6.45, 7) is 2.47. The van der Waals surface area contributed by atoms with Crippen molar-refractivity contribution in [3.05, 3.63) is 88.4 Å². The van der Waals surface area contributed by atoms with Gasteiger partial charge in [-0.15, -0.1) is 11.3 Å². The van der Waals surface area contributed by atoms with Crippen LogP contribution in [0.5, 0.6) is 0 Å². The molecule has 1 amide bonds. The number of nitrogens with zero attached hydrogens (tertiary/aromatic N) is 1. The van der Waals surface area contributed by atoms with Crippen LogP contribution in [0.4, 0.5) is 20.2 Å². The number of aromatic nitrogens is 1. The van der Waals surface area contributed by atoms with Gasteiger partial charge in [0.15, 0.2) is 0 Å². The van der Waals surface area contributed by atoms with Crippen molar-refractivity contribution in [1.29, 1.82) is 0 Å². The minimum Gasteiger partial charge on any atom is -0.363 e. The zero-order chi connectivity index (χ0) is 21.8. The van der Waals surface area contributed by atoms with Crippen LogP contribution < -0.4 is 10.6 Å². The van der Waals surface area contributed by atoms with Crippen LogP contribution in [0.15, 0.2) is 60.8 Å². The zero-order valence-corrected chi connectivity index (χ0v) is 17.4. The van der Waals surface area contributed by atoms with E-state index < -0.39 is 0 Å². The molecule has 0 fully saturated rings. The lowest BCUT2D eigenvalue weighted by molar-refractivity contribution is 0.103. The van der Waals surface area contributed by atoms with Gasteiger partial charge >= 0.3 is 0 Å². The first-order valence-corrected chi connectivity index (χ1v) is 10.3. The number of fused-ring (bicyclic) bond motifs is 1. The number of benzene rings is 2. The molecule has 0 aliphatic carbocycles. The van der Waals surface area contributed by atoms with Crippen molar-refractivity contribution >= 4 is 38.8 Å². The molecule has 0 aliphatic rings. The zero-order valence-electron chi connectivity index (χ0n) is 16.6. The number of carbonyl (C=O) groups excluding carboxylic acids is 1. The maximum atomic E-state index is 13.1. The molecule has 5 nitrogen and oxygen atoms in total. The number of halogens is 2. The number of nitrogens with one attached hydrogen (secondary N) is 2. The Balaban J connectivity index is 0.00000193. The summed E-state index contributed by atoms with van der Waals surface area (Å²) in [6, 6.07) is 13.6. The van der Waals surface area contributed by atoms with Gasteiger partial charge in [-0.05, 0) is 72.6 Å². The molecular weight excluding hydrogens is 420 g/mol. The molecule has 8 heteroatoms. The maximum absolute atomic E-state index is 13.1. The molecule has 2 aromatic heterocycles. The van der Waals surface area contributed by atoms with Gasteiger partial charge in [-0.2, -0.15) is 0 Å². The van der Waals surface area contributed by atoms with Crippen molar-refractivity contribution in [2.75, 3.05) is 17.4 Å². The van der Waals surface area contributed by atoms with Gasteiger partial charge in [-0.25, -0.2) is 13.8 Å². The van der Waals surface area contributed by atoms with Crippen molar-refractivity contribution in [2.45, 2.75) is 13.5 Å². The molecule has 162 valence electrons. The van der Waals surface area contributed by atoms with E-state index in [4.69, 9.17) is 4.74 Å². The Morgan fingerprint density at radius 2 is 1.71 bits per heavy atom. The van der Waals surface area contributed by atoms with Crippen molar-refractivity contribution in [3.8, 4) is 0 Å². The summed E-state index contributed by atoms with van der Waals surface area (Å²) in [4.78, 5) is 18.4. The highest BCUT2D eigenvalue weighted by molar-refractivity contribution is 7.20. The predicted octanol–water partition coefficient (Wildman–Crippen LogP) is 6.21. The van der Waals surface area contributed by atoms with Gasteiger partial charge in [0.05, 0.1) is 11.5 Å². The van der Waals surface area contributed by atoms with Crippen LogP contribution in [0.25, 0.3) is 10.2 Å². The number of aryl methyl sites for hydroxylation is 1. The van der Waals surface area contributed by atoms with Crippen LogP contribution in [-0.4, -0.2) is 17.6 Å². The van der Waals surface area contributed by atoms with E-state index >= 15 is 0 Å². The third kappa shape index (κ3) is 5.04. The van der Waals surface area contributed by atoms with Gasteiger partial charge in [0, 0.05) is 25.8 Å². The van der Waals surface area contributed by atoms with E-state index in [0.717, 1.165) is 27.0 Å². The van der Waals surface area contributed by atoms with Crippen LogP contribution >= 0.6 is 11.3 Å². The topological polar surface area (TPSA) is 63.2 Å². The molecule has 0 saturated carbocycles. The Hall–Kier alpha value is -3.36. The van der Waals surface area contributed by atoms with Crippen molar-refractivity contribution in [1.82, 2.24) is 4.98 Å². The Morgan fingerprint density at radius 3 is 2.39 bits per heavy atom. The van der Waals surface area contributed by atoms with Crippen LogP contribution in [0.2, 0.25) is 0 Å². The van der Waals surface area contributed by atoms with E-state index in [1.54, 1.807) is 18.3 Å². The number of anilines is 2. The third-order valence-corrected chi connectivity index (χ3v) is 5.87. The standard InChI is InChI=1S/C23H19F2N3O2S.2H2/c1-14-20-10-15(12-30-13-27-18-6-2-16(24)3-7-18)11-26-23(20)31-21(14)22(29)28-19-8-4-17(25)5-9-19;;/h2-11,27H,12-13H2,1H3,(H,28,29);2*1H. The van der Waals surface area contributed by atoms with E-state index in [9.17, 15) is 13.6 Å². The molecular formula is C23H23F2N3O2S. The number of pyridine rings is 1. The Bertz CT molecular complexity index is 1220. The molecule has 0 bridgehead atoms. The largest absolute Gasteiger partial charge is 0.363 e. The summed E-state index contributed by atoms with van der Waals surface area (Å²) in [7, 11) is 0. The minimum atomic E-state index is -0.358. The van der Waals surface area contributed by atoms with Crippen LogP contribution in [0.3, 0.4) is 0 Å². The molecule has 2 aromatic carbocycles. The number of thiophene rings is 1. The lowest BCUT2D eigenvalue weighted by Crippen LogP contribution is -2.11. The second-order valence-electron chi connectivity index (χ2n) is 6.89. The molecule has 0 radical (unpaired) electrons. The van der Waals surface area contributed by atoms with Gasteiger partial charge in [0.25, 0.3) is 5.91 Å². The predicted molar refractivity (Wildman–Crippen MR) is 123 cm³/mol. The van der Waals surface area contributed by atoms with Gasteiger partial charge in [-0.3, -0.25) is 4.79 Å². The number of hydrogen-bond donors (Lipinski definition) is 2. The van der Waals surface area contributed by atoms with Crippen LogP contribution in [-0.2, 0) is 11.3 Å². The van der Waals surface area contributed by atoms with E-state index in [0.29, 0.717) is 17.2 Å². The van der Waals surface area contributed by atoms with Crippen molar-refractivity contribution in [2.24, 2.45) is 0 Å². The fourth-order valence-corrected chi connectivity index (χ4v) is 4.06. The van der Waals surface area contributed by atoms with E-state index in [-0.39, 0.29) is 27.1 Å². The fourth-order valence-electron chi connectivity index (χ4n) is 3.03. The number of ether oxygens (including phenoxy) is 1. The lowest BCUT2D eigenvalue weighted by atomic mass is 10.1. The summed E-state index contributed by atoms with van der Waals surface area (Å²) in [5, 5.41) is 6.73. The molecule has 0 aliphatic heterocycles. The maximum Gasteiger partial charge on any atom is 0.266 e. The van der Waals surface area contributed by atoms with E-state index in [1.807, 2.05) is 13.0 Å². The Kier molecular flexibility index (Phi) is 6.20. The molecule has 4 rings (SSSR count). The first-order chi connectivity index (χ1) is 15.0. The van der Waals surface area contributed by atoms with Gasteiger partial charge in [-0.1, -0.05) is 0 Å². The third-order valence-electron chi connectivity index (χ3n) is 4.65. The summed E-state index contributed by atoms with van der Waals surface area (Å²) >= 11 is 1.31. The van der Waals surface area contributed by atoms with Gasteiger partial charge < -0.3 is 15.4 Å². The van der Waals surface area contributed by atoms with Crippen molar-refractivity contribution < 1.29 is 21.2 Å². The number of hydrogen-bond acceptors (Lipinski definition) is 5. The second kappa shape index (κ2) is 9.20. The average molecular weight is 444 g/mol. The first kappa shape index (κ1) is 20.9. The molecule has 2 N–H and O–H groups in total. The van der Waals surface area contributed by atoms with Crippen LogP contribution in [0, 0.1) is 18.6 Å². The molecule has 2 heterocycles. The fraction of sp³-hybridized carbons (Fsp3) is 0.130. The summed E-state index contributed by atoms with van der Waals surface area (Å²) < 4.78 is 31.6. The van der Waals surface area contributed by atoms with E-state index in [2.05, 4.69) is 15.6 Å². The number of carbonyl (C=O) groups is 1. The van der Waals surface area contributed by atoms with Gasteiger partial charge in [0.2, 0.25) is 0 Å². The monoisotopic (exact) mass is 443 g/mol. The second-order valence-corrected chi connectivity index (χ2v) is 7.89. The van der Waals surface area contributed by atoms with Crippen LogP contribution in [0.1, 0.15) is 23.7 Å². The molecule has 4 aromatic rings. The summed E-state index contributed by atoms with van der Waals surface area (Å²) in [5.41, 5.74) is 3.00. The Labute approximate surface area is 184 Å². The molecule has 0 atom stereocenters. The van der Waals surface area contributed by atoms with Gasteiger partial charge in [0.1, 0.15) is 23.2 Å². The molecule has 0 spiro atoms.